The SMILES string of the molecule is Cc1cccc(OCc2csc(C(=O)Nc3ccc(N4CCCCC4)c4nonc34)c2)c1C. The van der Waals surface area contributed by atoms with E-state index in [2.05, 4.69) is 33.5 Å². The Labute approximate surface area is 196 Å². The Morgan fingerprint density at radius 3 is 2.79 bits per heavy atom. The van der Waals surface area contributed by atoms with E-state index in [1.165, 1.54) is 36.2 Å². The highest BCUT2D eigenvalue weighted by Gasteiger charge is 2.20. The average Bonchev–Trinajstić information content (AvgIpc) is 3.51. The van der Waals surface area contributed by atoms with Gasteiger partial charge in [-0.3, -0.25) is 4.79 Å². The van der Waals surface area contributed by atoms with E-state index in [1.54, 1.807) is 0 Å². The summed E-state index contributed by atoms with van der Waals surface area (Å²) in [7, 11) is 0. The monoisotopic (exact) mass is 462 g/mol. The summed E-state index contributed by atoms with van der Waals surface area (Å²) in [6.07, 6.45) is 3.58. The largest absolute Gasteiger partial charge is 0.489 e. The number of hydrogen-bond donors (Lipinski definition) is 1. The van der Waals surface area contributed by atoms with Crippen molar-refractivity contribution in [2.45, 2.75) is 39.7 Å². The molecule has 3 heterocycles. The summed E-state index contributed by atoms with van der Waals surface area (Å²) >= 11 is 1.39. The van der Waals surface area contributed by atoms with Crippen molar-refractivity contribution in [2.24, 2.45) is 0 Å². The van der Waals surface area contributed by atoms with Crippen molar-refractivity contribution in [2.75, 3.05) is 23.3 Å². The van der Waals surface area contributed by atoms with Crippen molar-refractivity contribution in [3.05, 3.63) is 63.3 Å². The molecule has 1 aliphatic heterocycles. The number of aromatic nitrogens is 2. The quantitative estimate of drug-likeness (QED) is 0.395. The molecule has 5 rings (SSSR count). The Morgan fingerprint density at radius 1 is 1.12 bits per heavy atom. The van der Waals surface area contributed by atoms with Gasteiger partial charge in [0, 0.05) is 18.7 Å². The smallest absolute Gasteiger partial charge is 0.265 e. The van der Waals surface area contributed by atoms with E-state index in [1.807, 2.05) is 42.6 Å². The predicted octanol–water partition coefficient (Wildman–Crippen LogP) is 5.72. The molecule has 0 radical (unpaired) electrons. The van der Waals surface area contributed by atoms with Crippen LogP contribution in [0.4, 0.5) is 11.4 Å². The molecule has 7 nitrogen and oxygen atoms in total. The van der Waals surface area contributed by atoms with Gasteiger partial charge in [-0.25, -0.2) is 4.63 Å². The van der Waals surface area contributed by atoms with Crippen LogP contribution in [0.1, 0.15) is 45.6 Å². The van der Waals surface area contributed by atoms with Gasteiger partial charge < -0.3 is 15.0 Å². The topological polar surface area (TPSA) is 80.5 Å². The molecule has 1 saturated heterocycles. The lowest BCUT2D eigenvalue weighted by molar-refractivity contribution is 0.103. The van der Waals surface area contributed by atoms with Crippen molar-refractivity contribution in [1.82, 2.24) is 10.3 Å². The van der Waals surface area contributed by atoms with Gasteiger partial charge in [0.2, 0.25) is 0 Å². The number of rotatable bonds is 6. The molecule has 8 heteroatoms. The van der Waals surface area contributed by atoms with Crippen molar-refractivity contribution in [1.29, 1.82) is 0 Å². The molecule has 2 aromatic carbocycles. The second-order valence-corrected chi connectivity index (χ2v) is 9.31. The van der Waals surface area contributed by atoms with Crippen molar-refractivity contribution in [3.8, 4) is 5.75 Å². The van der Waals surface area contributed by atoms with Gasteiger partial charge in [-0.2, -0.15) is 0 Å². The van der Waals surface area contributed by atoms with Gasteiger partial charge >= 0.3 is 0 Å². The van der Waals surface area contributed by atoms with Crippen LogP contribution in [0.25, 0.3) is 11.0 Å². The van der Waals surface area contributed by atoms with Gasteiger partial charge in [-0.1, -0.05) is 12.1 Å². The number of aryl methyl sites for hydroxylation is 1. The molecule has 0 unspecified atom stereocenters. The molecular formula is C25H26N4O3S. The van der Waals surface area contributed by atoms with Gasteiger partial charge in [0.15, 0.2) is 11.0 Å². The minimum Gasteiger partial charge on any atom is -0.489 e. The lowest BCUT2D eigenvalue weighted by Crippen LogP contribution is -2.29. The lowest BCUT2D eigenvalue weighted by Gasteiger charge is -2.28. The van der Waals surface area contributed by atoms with Gasteiger partial charge in [0.05, 0.1) is 16.3 Å². The third-order valence-corrected chi connectivity index (χ3v) is 7.14. The zero-order valence-corrected chi connectivity index (χ0v) is 19.6. The Hall–Kier alpha value is -3.39. The third-order valence-electron chi connectivity index (χ3n) is 6.17. The average molecular weight is 463 g/mol. The van der Waals surface area contributed by atoms with Crippen LogP contribution < -0.4 is 15.0 Å². The molecule has 0 atom stereocenters. The highest BCUT2D eigenvalue weighted by molar-refractivity contribution is 7.12. The molecule has 1 N–H and O–H groups in total. The van der Waals surface area contributed by atoms with Crippen molar-refractivity contribution in [3.63, 3.8) is 0 Å². The van der Waals surface area contributed by atoms with Gasteiger partial charge in [-0.05, 0) is 84.2 Å². The fraction of sp³-hybridized carbons (Fsp3) is 0.320. The number of carbonyl (C=O) groups excluding carboxylic acids is 1. The van der Waals surface area contributed by atoms with Crippen molar-refractivity contribution < 1.29 is 14.2 Å². The maximum atomic E-state index is 12.9. The summed E-state index contributed by atoms with van der Waals surface area (Å²) in [5.74, 6) is 0.676. The molecule has 0 aliphatic carbocycles. The van der Waals surface area contributed by atoms with E-state index in [0.29, 0.717) is 28.2 Å². The van der Waals surface area contributed by atoms with Crippen LogP contribution in [-0.4, -0.2) is 29.3 Å². The molecule has 4 aromatic rings. The Morgan fingerprint density at radius 2 is 1.94 bits per heavy atom. The Kier molecular flexibility index (Phi) is 6.00. The molecule has 170 valence electrons. The zero-order valence-electron chi connectivity index (χ0n) is 18.8. The summed E-state index contributed by atoms with van der Waals surface area (Å²) in [6.45, 7) is 6.52. The second kappa shape index (κ2) is 9.23. The van der Waals surface area contributed by atoms with E-state index in [9.17, 15) is 4.79 Å². The van der Waals surface area contributed by atoms with Crippen LogP contribution in [0.5, 0.6) is 5.75 Å². The first-order valence-corrected chi connectivity index (χ1v) is 12.1. The minimum absolute atomic E-state index is 0.187. The van der Waals surface area contributed by atoms with Gasteiger partial charge in [0.1, 0.15) is 12.4 Å². The van der Waals surface area contributed by atoms with Crippen LogP contribution in [0.15, 0.2) is 46.4 Å². The van der Waals surface area contributed by atoms with Crippen LogP contribution in [0.2, 0.25) is 0 Å². The second-order valence-electron chi connectivity index (χ2n) is 8.40. The molecule has 33 heavy (non-hydrogen) atoms. The summed E-state index contributed by atoms with van der Waals surface area (Å²) in [6, 6.07) is 11.8. The van der Waals surface area contributed by atoms with E-state index in [0.717, 1.165) is 35.7 Å². The highest BCUT2D eigenvalue weighted by atomic mass is 32.1. The first-order valence-electron chi connectivity index (χ1n) is 11.2. The molecular weight excluding hydrogens is 436 g/mol. The van der Waals surface area contributed by atoms with Crippen molar-refractivity contribution >= 4 is 39.7 Å². The number of fused-ring (bicyclic) bond motifs is 1. The number of amides is 1. The number of ether oxygens (including phenoxy) is 1. The number of thiophene rings is 1. The molecule has 0 bridgehead atoms. The lowest BCUT2D eigenvalue weighted by atomic mass is 10.1. The van der Waals surface area contributed by atoms with Crippen LogP contribution in [-0.2, 0) is 6.61 Å². The van der Waals surface area contributed by atoms with Crippen LogP contribution >= 0.6 is 11.3 Å². The standard InChI is InChI=1S/C25H26N4O3S/c1-16-7-6-8-21(17(16)2)31-14-18-13-22(33-15-18)25(30)26-19-9-10-20(24-23(19)27-32-28-24)29-11-4-3-5-12-29/h6-10,13,15H,3-5,11-12,14H2,1-2H3,(H,26,30). The molecule has 2 aromatic heterocycles. The highest BCUT2D eigenvalue weighted by Crippen LogP contribution is 2.32. The number of anilines is 2. The fourth-order valence-electron chi connectivity index (χ4n) is 4.14. The summed E-state index contributed by atoms with van der Waals surface area (Å²) in [4.78, 5) is 15.8. The Balaban J connectivity index is 1.29. The molecule has 1 aliphatic rings. The number of carbonyl (C=O) groups is 1. The molecule has 1 fully saturated rings. The fourth-order valence-corrected chi connectivity index (χ4v) is 4.93. The number of benzene rings is 2. The molecule has 0 saturated carbocycles. The maximum absolute atomic E-state index is 12.9. The van der Waals surface area contributed by atoms with E-state index >= 15 is 0 Å². The van der Waals surface area contributed by atoms with Crippen LogP contribution in [0, 0.1) is 13.8 Å². The van der Waals surface area contributed by atoms with Gasteiger partial charge in [0.25, 0.3) is 5.91 Å². The number of nitrogens with one attached hydrogen (secondary N) is 1. The van der Waals surface area contributed by atoms with Gasteiger partial charge in [-0.15, -0.1) is 11.3 Å². The van der Waals surface area contributed by atoms with E-state index < -0.39 is 0 Å². The minimum atomic E-state index is -0.187. The first-order chi connectivity index (χ1) is 16.1. The molecule has 0 spiro atoms. The third kappa shape index (κ3) is 4.43. The predicted molar refractivity (Wildman–Crippen MR) is 130 cm³/mol. The normalized spacial score (nSPS) is 13.9. The number of hydrogen-bond acceptors (Lipinski definition) is 7. The van der Waals surface area contributed by atoms with E-state index in [-0.39, 0.29) is 5.91 Å². The summed E-state index contributed by atoms with van der Waals surface area (Å²) in [5.41, 5.74) is 6.14. The number of nitrogens with zero attached hydrogens (tertiary/aromatic N) is 3. The first kappa shape index (κ1) is 21.5. The summed E-state index contributed by atoms with van der Waals surface area (Å²) in [5, 5.41) is 13.1. The number of piperidine rings is 1. The maximum Gasteiger partial charge on any atom is 0.265 e. The summed E-state index contributed by atoms with van der Waals surface area (Å²) < 4.78 is 11.0. The molecule has 1 amide bonds. The Bertz CT molecular complexity index is 1290. The van der Waals surface area contributed by atoms with E-state index in [4.69, 9.17) is 9.37 Å². The van der Waals surface area contributed by atoms with Crippen LogP contribution in [0.3, 0.4) is 0 Å². The zero-order chi connectivity index (χ0) is 22.8.